The van der Waals surface area contributed by atoms with Gasteiger partial charge in [-0.25, -0.2) is 9.97 Å². The Morgan fingerprint density at radius 2 is 1.74 bits per heavy atom. The molecule has 0 saturated carbocycles. The fraction of sp³-hybridized carbons (Fsp3) is 0.444. The van der Waals surface area contributed by atoms with Gasteiger partial charge in [0.2, 0.25) is 0 Å². The van der Waals surface area contributed by atoms with Crippen LogP contribution in [0.5, 0.6) is 0 Å². The SMILES string of the molecule is C[C@@H]1CN(Cc2ccnc(-c3ccc(Br)cc3)n2)C[C@H](C)N1C. The second-order valence-corrected chi connectivity index (χ2v) is 7.35. The molecule has 23 heavy (non-hydrogen) atoms. The molecule has 1 aliphatic heterocycles. The highest BCUT2D eigenvalue weighted by Gasteiger charge is 2.26. The molecular formula is C18H23BrN4. The predicted octanol–water partition coefficient (Wildman–Crippen LogP) is 3.43. The van der Waals surface area contributed by atoms with Gasteiger partial charge in [-0.15, -0.1) is 0 Å². The summed E-state index contributed by atoms with van der Waals surface area (Å²) >= 11 is 3.46. The maximum atomic E-state index is 4.75. The van der Waals surface area contributed by atoms with Crippen molar-refractivity contribution in [1.82, 2.24) is 19.8 Å². The van der Waals surface area contributed by atoms with E-state index in [1.54, 1.807) is 0 Å². The van der Waals surface area contributed by atoms with E-state index >= 15 is 0 Å². The molecule has 3 rings (SSSR count). The first-order valence-corrected chi connectivity index (χ1v) is 8.84. The molecule has 0 amide bonds. The number of rotatable bonds is 3. The molecule has 2 aromatic rings. The van der Waals surface area contributed by atoms with E-state index in [0.717, 1.165) is 41.2 Å². The zero-order valence-corrected chi connectivity index (χ0v) is 15.5. The van der Waals surface area contributed by atoms with Crippen LogP contribution in [0.1, 0.15) is 19.5 Å². The summed E-state index contributed by atoms with van der Waals surface area (Å²) in [5.41, 5.74) is 2.14. The molecule has 0 N–H and O–H groups in total. The normalized spacial score (nSPS) is 23.1. The van der Waals surface area contributed by atoms with Crippen LogP contribution in [0.2, 0.25) is 0 Å². The third kappa shape index (κ3) is 3.97. The lowest BCUT2D eigenvalue weighted by molar-refractivity contribution is 0.0549. The molecule has 1 fully saturated rings. The Morgan fingerprint density at radius 1 is 1.09 bits per heavy atom. The maximum Gasteiger partial charge on any atom is 0.159 e. The molecular weight excluding hydrogens is 352 g/mol. The Hall–Kier alpha value is -1.30. The van der Waals surface area contributed by atoms with Crippen LogP contribution in [0.25, 0.3) is 11.4 Å². The lowest BCUT2D eigenvalue weighted by atomic mass is 10.1. The van der Waals surface area contributed by atoms with Crippen LogP contribution in [0.4, 0.5) is 0 Å². The third-order valence-electron chi connectivity index (χ3n) is 4.64. The molecule has 0 spiro atoms. The Balaban J connectivity index is 1.74. The van der Waals surface area contributed by atoms with Crippen molar-refractivity contribution in [2.24, 2.45) is 0 Å². The number of benzene rings is 1. The van der Waals surface area contributed by atoms with E-state index in [4.69, 9.17) is 4.98 Å². The Morgan fingerprint density at radius 3 is 2.39 bits per heavy atom. The lowest BCUT2D eigenvalue weighted by Crippen LogP contribution is -2.54. The van der Waals surface area contributed by atoms with Gasteiger partial charge in [-0.05, 0) is 39.1 Å². The van der Waals surface area contributed by atoms with Gasteiger partial charge in [0.05, 0.1) is 5.69 Å². The molecule has 1 aromatic carbocycles. The molecule has 0 unspecified atom stereocenters. The minimum atomic E-state index is 0.575. The number of hydrogen-bond donors (Lipinski definition) is 0. The average Bonchev–Trinajstić information content (AvgIpc) is 2.53. The molecule has 122 valence electrons. The van der Waals surface area contributed by atoms with E-state index in [9.17, 15) is 0 Å². The van der Waals surface area contributed by atoms with Gasteiger partial charge in [-0.1, -0.05) is 28.1 Å². The summed E-state index contributed by atoms with van der Waals surface area (Å²) in [7, 11) is 2.21. The quantitative estimate of drug-likeness (QED) is 0.823. The zero-order chi connectivity index (χ0) is 16.4. The molecule has 1 aliphatic rings. The monoisotopic (exact) mass is 374 g/mol. The Bertz CT molecular complexity index is 646. The van der Waals surface area contributed by atoms with Gasteiger partial charge >= 0.3 is 0 Å². The van der Waals surface area contributed by atoms with E-state index in [1.165, 1.54) is 0 Å². The summed E-state index contributed by atoms with van der Waals surface area (Å²) in [6.45, 7) is 7.62. The summed E-state index contributed by atoms with van der Waals surface area (Å²) in [6, 6.07) is 11.3. The Labute approximate surface area is 146 Å². The summed E-state index contributed by atoms with van der Waals surface area (Å²) in [6.07, 6.45) is 1.86. The predicted molar refractivity (Wildman–Crippen MR) is 97.1 cm³/mol. The highest BCUT2D eigenvalue weighted by Crippen LogP contribution is 2.20. The summed E-state index contributed by atoms with van der Waals surface area (Å²) in [5.74, 6) is 0.797. The highest BCUT2D eigenvalue weighted by molar-refractivity contribution is 9.10. The third-order valence-corrected chi connectivity index (χ3v) is 5.17. The summed E-state index contributed by atoms with van der Waals surface area (Å²) < 4.78 is 1.07. The number of hydrogen-bond acceptors (Lipinski definition) is 4. The minimum absolute atomic E-state index is 0.575. The van der Waals surface area contributed by atoms with Gasteiger partial charge in [0.15, 0.2) is 5.82 Å². The molecule has 0 radical (unpaired) electrons. The van der Waals surface area contributed by atoms with Gasteiger partial charge in [0.1, 0.15) is 0 Å². The largest absolute Gasteiger partial charge is 0.298 e. The van der Waals surface area contributed by atoms with E-state index in [0.29, 0.717) is 12.1 Å². The second-order valence-electron chi connectivity index (χ2n) is 6.44. The van der Waals surface area contributed by atoms with Crippen molar-refractivity contribution in [1.29, 1.82) is 0 Å². The van der Waals surface area contributed by atoms with Crippen LogP contribution in [0, 0.1) is 0 Å². The fourth-order valence-electron chi connectivity index (χ4n) is 3.09. The van der Waals surface area contributed by atoms with E-state index in [2.05, 4.69) is 51.6 Å². The average molecular weight is 375 g/mol. The summed E-state index contributed by atoms with van der Waals surface area (Å²) in [4.78, 5) is 14.1. The van der Waals surface area contributed by atoms with E-state index in [1.807, 2.05) is 36.5 Å². The van der Waals surface area contributed by atoms with Crippen LogP contribution in [0.3, 0.4) is 0 Å². The van der Waals surface area contributed by atoms with Crippen molar-refractivity contribution in [3.8, 4) is 11.4 Å². The fourth-order valence-corrected chi connectivity index (χ4v) is 3.36. The summed E-state index contributed by atoms with van der Waals surface area (Å²) in [5, 5.41) is 0. The first-order chi connectivity index (χ1) is 11.0. The van der Waals surface area contributed by atoms with Gasteiger partial charge in [0.25, 0.3) is 0 Å². The van der Waals surface area contributed by atoms with Crippen molar-refractivity contribution >= 4 is 15.9 Å². The van der Waals surface area contributed by atoms with Crippen molar-refractivity contribution in [2.75, 3.05) is 20.1 Å². The smallest absolute Gasteiger partial charge is 0.159 e. The highest BCUT2D eigenvalue weighted by atomic mass is 79.9. The second kappa shape index (κ2) is 7.07. The Kier molecular flexibility index (Phi) is 5.09. The van der Waals surface area contributed by atoms with Crippen LogP contribution >= 0.6 is 15.9 Å². The number of halogens is 1. The van der Waals surface area contributed by atoms with Crippen LogP contribution in [-0.2, 0) is 6.54 Å². The number of aromatic nitrogens is 2. The van der Waals surface area contributed by atoms with Crippen molar-refractivity contribution in [3.63, 3.8) is 0 Å². The molecule has 0 aliphatic carbocycles. The maximum absolute atomic E-state index is 4.75. The molecule has 2 atom stereocenters. The molecule has 1 saturated heterocycles. The molecule has 4 nitrogen and oxygen atoms in total. The lowest BCUT2D eigenvalue weighted by Gasteiger charge is -2.42. The van der Waals surface area contributed by atoms with Crippen LogP contribution in [0.15, 0.2) is 41.0 Å². The number of likely N-dealkylation sites (N-methyl/N-ethyl adjacent to an activating group) is 1. The van der Waals surface area contributed by atoms with Crippen molar-refractivity contribution in [3.05, 3.63) is 46.7 Å². The van der Waals surface area contributed by atoms with Gasteiger partial charge in [-0.3, -0.25) is 9.80 Å². The molecule has 2 heterocycles. The van der Waals surface area contributed by atoms with Gasteiger partial charge in [0, 0.05) is 48.0 Å². The zero-order valence-electron chi connectivity index (χ0n) is 13.9. The van der Waals surface area contributed by atoms with Crippen LogP contribution in [-0.4, -0.2) is 52.0 Å². The molecule has 1 aromatic heterocycles. The van der Waals surface area contributed by atoms with Gasteiger partial charge < -0.3 is 0 Å². The number of nitrogens with zero attached hydrogens (tertiary/aromatic N) is 4. The topological polar surface area (TPSA) is 32.3 Å². The molecule has 5 heteroatoms. The van der Waals surface area contributed by atoms with Crippen LogP contribution < -0.4 is 0 Å². The van der Waals surface area contributed by atoms with Crippen molar-refractivity contribution < 1.29 is 0 Å². The van der Waals surface area contributed by atoms with E-state index < -0.39 is 0 Å². The molecule has 0 bridgehead atoms. The van der Waals surface area contributed by atoms with Crippen molar-refractivity contribution in [2.45, 2.75) is 32.5 Å². The first-order valence-electron chi connectivity index (χ1n) is 8.05. The van der Waals surface area contributed by atoms with Gasteiger partial charge in [-0.2, -0.15) is 0 Å². The minimum Gasteiger partial charge on any atom is -0.298 e. The first kappa shape index (κ1) is 16.6. The standard InChI is InChI=1S/C18H23BrN4/c1-13-10-23(11-14(2)22(13)3)12-17-8-9-20-18(21-17)15-4-6-16(19)7-5-15/h4-9,13-14H,10-12H2,1-3H3/t13-,14+. The van der Waals surface area contributed by atoms with E-state index in [-0.39, 0.29) is 0 Å². The number of piperazine rings is 1.